The van der Waals surface area contributed by atoms with E-state index in [9.17, 15) is 0 Å². The average molecular weight is 286 g/mol. The summed E-state index contributed by atoms with van der Waals surface area (Å²) < 4.78 is 0. The molecule has 0 N–H and O–H groups in total. The molecular formula is C10H15BrCl2. The van der Waals surface area contributed by atoms with Crippen molar-refractivity contribution < 1.29 is 0 Å². The smallest absolute Gasteiger partial charge is 0.0639 e. The molecule has 0 aromatic carbocycles. The van der Waals surface area contributed by atoms with Crippen LogP contribution in [0.5, 0.6) is 0 Å². The summed E-state index contributed by atoms with van der Waals surface area (Å²) in [5, 5.41) is 0.861. The molecule has 0 unspecified atom stereocenters. The maximum Gasteiger partial charge on any atom is 0.0639 e. The second-order valence-corrected chi connectivity index (χ2v) is 4.82. The Labute approximate surface area is 99.1 Å². The van der Waals surface area contributed by atoms with Gasteiger partial charge in [-0.2, -0.15) is 0 Å². The third-order valence-corrected chi connectivity index (χ3v) is 3.88. The molecule has 0 nitrogen and oxygen atoms in total. The van der Waals surface area contributed by atoms with E-state index in [1.807, 2.05) is 13.8 Å². The van der Waals surface area contributed by atoms with Gasteiger partial charge in [0.1, 0.15) is 0 Å². The van der Waals surface area contributed by atoms with Gasteiger partial charge in [-0.25, -0.2) is 0 Å². The Morgan fingerprint density at radius 3 is 2.31 bits per heavy atom. The zero-order valence-electron chi connectivity index (χ0n) is 7.99. The first kappa shape index (κ1) is 13.5. The summed E-state index contributed by atoms with van der Waals surface area (Å²) in [4.78, 5) is 0. The Hall–Kier alpha value is 0.540. The number of allylic oxidation sites excluding steroid dienone is 3. The first-order chi connectivity index (χ1) is 5.99. The van der Waals surface area contributed by atoms with Crippen LogP contribution in [0.2, 0.25) is 0 Å². The first-order valence-electron chi connectivity index (χ1n) is 4.15. The van der Waals surface area contributed by atoms with Crippen molar-refractivity contribution in [1.82, 2.24) is 0 Å². The monoisotopic (exact) mass is 284 g/mol. The number of hydrogen-bond acceptors (Lipinski definition) is 0. The first-order valence-corrected chi connectivity index (χ1v) is 6.14. The largest absolute Gasteiger partial charge is 0.118 e. The summed E-state index contributed by atoms with van der Waals surface area (Å²) in [6, 6.07) is 0. The molecule has 13 heavy (non-hydrogen) atoms. The van der Waals surface area contributed by atoms with Crippen LogP contribution in [0.3, 0.4) is 0 Å². The van der Waals surface area contributed by atoms with Crippen LogP contribution in [-0.4, -0.2) is 16.1 Å². The van der Waals surface area contributed by atoms with Crippen LogP contribution in [0.15, 0.2) is 23.8 Å². The second-order valence-electron chi connectivity index (χ2n) is 3.12. The lowest BCUT2D eigenvalue weighted by atomic mass is 10.1. The SMILES string of the molecule is C=C(C)[C@H](Cl)C/C=C(\C)[C@H](Cl)CBr. The highest BCUT2D eigenvalue weighted by Gasteiger charge is 2.06. The van der Waals surface area contributed by atoms with Crippen molar-refractivity contribution in [1.29, 1.82) is 0 Å². The molecule has 0 aliphatic heterocycles. The van der Waals surface area contributed by atoms with Crippen LogP contribution >= 0.6 is 39.1 Å². The fourth-order valence-electron chi connectivity index (χ4n) is 0.740. The zero-order valence-corrected chi connectivity index (χ0v) is 11.1. The molecule has 0 aromatic heterocycles. The van der Waals surface area contributed by atoms with Crippen molar-refractivity contribution in [2.45, 2.75) is 31.0 Å². The molecule has 0 bridgehead atoms. The Morgan fingerprint density at radius 1 is 1.38 bits per heavy atom. The highest BCUT2D eigenvalue weighted by Crippen LogP contribution is 2.17. The predicted molar refractivity (Wildman–Crippen MR) is 66.3 cm³/mol. The topological polar surface area (TPSA) is 0 Å². The van der Waals surface area contributed by atoms with Crippen LogP contribution in [-0.2, 0) is 0 Å². The normalized spacial score (nSPS) is 16.8. The molecule has 0 saturated heterocycles. The number of alkyl halides is 3. The van der Waals surface area contributed by atoms with E-state index < -0.39 is 0 Å². The van der Waals surface area contributed by atoms with Gasteiger partial charge in [-0.1, -0.05) is 39.7 Å². The van der Waals surface area contributed by atoms with Gasteiger partial charge in [0.05, 0.1) is 10.8 Å². The minimum absolute atomic E-state index is 0.0224. The van der Waals surface area contributed by atoms with E-state index in [-0.39, 0.29) is 10.8 Å². The van der Waals surface area contributed by atoms with E-state index in [0.29, 0.717) is 0 Å². The van der Waals surface area contributed by atoms with Crippen molar-refractivity contribution in [3.63, 3.8) is 0 Å². The summed E-state index contributed by atoms with van der Waals surface area (Å²) in [5.74, 6) is 0. The van der Waals surface area contributed by atoms with E-state index in [1.54, 1.807) is 0 Å². The van der Waals surface area contributed by atoms with Crippen LogP contribution in [0, 0.1) is 0 Å². The maximum absolute atomic E-state index is 6.01. The molecule has 2 atom stereocenters. The third-order valence-electron chi connectivity index (χ3n) is 1.81. The molecule has 0 amide bonds. The van der Waals surface area contributed by atoms with Crippen molar-refractivity contribution in [3.05, 3.63) is 23.8 Å². The molecule has 0 rings (SSSR count). The molecule has 0 aromatic rings. The van der Waals surface area contributed by atoms with E-state index in [1.165, 1.54) is 0 Å². The van der Waals surface area contributed by atoms with Gasteiger partial charge in [-0.15, -0.1) is 23.2 Å². The molecule has 76 valence electrons. The molecule has 0 radical (unpaired) electrons. The lowest BCUT2D eigenvalue weighted by molar-refractivity contribution is 0.967. The Kier molecular flexibility index (Phi) is 7.20. The van der Waals surface area contributed by atoms with E-state index in [2.05, 4.69) is 28.6 Å². The fourth-order valence-corrected chi connectivity index (χ4v) is 1.43. The van der Waals surface area contributed by atoms with Gasteiger partial charge in [-0.3, -0.25) is 0 Å². The van der Waals surface area contributed by atoms with Gasteiger partial charge in [0.25, 0.3) is 0 Å². The van der Waals surface area contributed by atoms with Crippen LogP contribution in [0.25, 0.3) is 0 Å². The molecular weight excluding hydrogens is 271 g/mol. The standard InChI is InChI=1S/C10H15BrCl2/c1-7(2)9(12)5-4-8(3)10(13)6-11/h4,9-10H,1,5-6H2,2-3H3/b8-4+/t9-,10-/m1/s1. The quantitative estimate of drug-likeness (QED) is 0.515. The van der Waals surface area contributed by atoms with Crippen LogP contribution in [0.4, 0.5) is 0 Å². The van der Waals surface area contributed by atoms with Crippen molar-refractivity contribution in [3.8, 4) is 0 Å². The van der Waals surface area contributed by atoms with E-state index in [0.717, 1.165) is 22.9 Å². The van der Waals surface area contributed by atoms with Crippen molar-refractivity contribution in [2.24, 2.45) is 0 Å². The Bertz CT molecular complexity index is 199. The molecule has 0 fully saturated rings. The highest BCUT2D eigenvalue weighted by molar-refractivity contribution is 9.09. The minimum atomic E-state index is 0.0224. The van der Waals surface area contributed by atoms with Gasteiger partial charge in [0, 0.05) is 5.33 Å². The summed E-state index contributed by atoms with van der Waals surface area (Å²) in [5.41, 5.74) is 2.15. The molecule has 0 heterocycles. The average Bonchev–Trinajstić information content (AvgIpc) is 2.11. The number of halogens is 3. The maximum atomic E-state index is 6.01. The molecule has 0 spiro atoms. The fraction of sp³-hybridized carbons (Fsp3) is 0.600. The Morgan fingerprint density at radius 2 is 1.92 bits per heavy atom. The Balaban J connectivity index is 4.03. The van der Waals surface area contributed by atoms with E-state index >= 15 is 0 Å². The summed E-state index contributed by atoms with van der Waals surface area (Å²) in [6.07, 6.45) is 2.88. The minimum Gasteiger partial charge on any atom is -0.118 e. The lowest BCUT2D eigenvalue weighted by Crippen LogP contribution is -2.03. The molecule has 3 heteroatoms. The highest BCUT2D eigenvalue weighted by atomic mass is 79.9. The lowest BCUT2D eigenvalue weighted by Gasteiger charge is -2.08. The van der Waals surface area contributed by atoms with Gasteiger partial charge in [0.2, 0.25) is 0 Å². The summed E-state index contributed by atoms with van der Waals surface area (Å²) in [7, 11) is 0. The van der Waals surface area contributed by atoms with Gasteiger partial charge in [0.15, 0.2) is 0 Å². The van der Waals surface area contributed by atoms with Crippen molar-refractivity contribution >= 4 is 39.1 Å². The molecule has 0 aliphatic rings. The summed E-state index contributed by atoms with van der Waals surface area (Å²) >= 11 is 15.3. The van der Waals surface area contributed by atoms with Gasteiger partial charge in [-0.05, 0) is 20.3 Å². The van der Waals surface area contributed by atoms with Gasteiger partial charge < -0.3 is 0 Å². The number of hydrogen-bond donors (Lipinski definition) is 0. The second kappa shape index (κ2) is 6.92. The molecule has 0 saturated carbocycles. The summed E-state index contributed by atoms with van der Waals surface area (Å²) in [6.45, 7) is 7.74. The van der Waals surface area contributed by atoms with Crippen LogP contribution in [0.1, 0.15) is 20.3 Å². The van der Waals surface area contributed by atoms with E-state index in [4.69, 9.17) is 23.2 Å². The molecule has 0 aliphatic carbocycles. The van der Waals surface area contributed by atoms with Crippen LogP contribution < -0.4 is 0 Å². The van der Waals surface area contributed by atoms with Gasteiger partial charge >= 0.3 is 0 Å². The van der Waals surface area contributed by atoms with Crippen molar-refractivity contribution in [2.75, 3.05) is 5.33 Å². The third kappa shape index (κ3) is 5.77. The number of rotatable bonds is 5. The predicted octanol–water partition coefficient (Wildman–Crippen LogP) is 4.51. The zero-order chi connectivity index (χ0) is 10.4.